The number of likely N-dealkylation sites (tertiary alicyclic amines) is 1. The van der Waals surface area contributed by atoms with E-state index >= 15 is 0 Å². The third-order valence-corrected chi connectivity index (χ3v) is 3.44. The van der Waals surface area contributed by atoms with Crippen LogP contribution >= 0.6 is 0 Å². The third kappa shape index (κ3) is 2.88. The molecule has 1 aliphatic heterocycles. The van der Waals surface area contributed by atoms with Crippen LogP contribution in [-0.4, -0.2) is 37.0 Å². The van der Waals surface area contributed by atoms with Crippen molar-refractivity contribution in [1.82, 2.24) is 10.2 Å². The van der Waals surface area contributed by atoms with Gasteiger partial charge in [-0.25, -0.2) is 4.39 Å². The lowest BCUT2D eigenvalue weighted by molar-refractivity contribution is -0.131. The Bertz CT molecular complexity index is 422. The van der Waals surface area contributed by atoms with Crippen molar-refractivity contribution in [2.75, 3.05) is 20.1 Å². The highest BCUT2D eigenvalue weighted by molar-refractivity contribution is 5.79. The van der Waals surface area contributed by atoms with Gasteiger partial charge in [0.1, 0.15) is 5.82 Å². The van der Waals surface area contributed by atoms with Crippen LogP contribution in [0.25, 0.3) is 0 Å². The first-order valence-corrected chi connectivity index (χ1v) is 6.40. The van der Waals surface area contributed by atoms with E-state index < -0.39 is 0 Å². The van der Waals surface area contributed by atoms with Crippen LogP contribution in [0.3, 0.4) is 0 Å². The summed E-state index contributed by atoms with van der Waals surface area (Å²) in [5, 5.41) is 3.10. The van der Waals surface area contributed by atoms with E-state index in [0.717, 1.165) is 25.9 Å². The summed E-state index contributed by atoms with van der Waals surface area (Å²) in [6.45, 7) is 1.60. The van der Waals surface area contributed by atoms with E-state index in [0.29, 0.717) is 5.56 Å². The summed E-state index contributed by atoms with van der Waals surface area (Å²) in [7, 11) is 1.89. The minimum atomic E-state index is -0.296. The van der Waals surface area contributed by atoms with Gasteiger partial charge in [0.2, 0.25) is 5.91 Å². The fourth-order valence-electron chi connectivity index (χ4n) is 2.52. The van der Waals surface area contributed by atoms with Gasteiger partial charge in [0.25, 0.3) is 0 Å². The second kappa shape index (κ2) is 5.96. The van der Waals surface area contributed by atoms with Crippen LogP contribution in [0.2, 0.25) is 0 Å². The van der Waals surface area contributed by atoms with Gasteiger partial charge in [-0.3, -0.25) is 4.79 Å². The topological polar surface area (TPSA) is 32.3 Å². The van der Waals surface area contributed by atoms with Crippen molar-refractivity contribution in [2.24, 2.45) is 0 Å². The number of carbonyl (C=O) groups is 1. The lowest BCUT2D eigenvalue weighted by atomic mass is 10.1. The Kier molecular flexibility index (Phi) is 4.31. The maximum Gasteiger partial charge on any atom is 0.227 e. The molecular weight excluding hydrogens is 231 g/mol. The summed E-state index contributed by atoms with van der Waals surface area (Å²) in [4.78, 5) is 14.1. The molecule has 1 amide bonds. The van der Waals surface area contributed by atoms with Gasteiger partial charge in [-0.15, -0.1) is 0 Å². The van der Waals surface area contributed by atoms with Gasteiger partial charge in [-0.05, 0) is 31.5 Å². The molecule has 4 heteroatoms. The Morgan fingerprint density at radius 1 is 1.50 bits per heavy atom. The average Bonchev–Trinajstić information content (AvgIpc) is 2.81. The third-order valence-electron chi connectivity index (χ3n) is 3.44. The van der Waals surface area contributed by atoms with Crippen molar-refractivity contribution < 1.29 is 9.18 Å². The number of likely N-dealkylation sites (N-methyl/N-ethyl adjacent to an activating group) is 1. The molecule has 2 rings (SSSR count). The minimum absolute atomic E-state index is 0.0258. The number of nitrogens with one attached hydrogen (secondary N) is 1. The summed E-state index contributed by atoms with van der Waals surface area (Å²) < 4.78 is 13.5. The molecular formula is C14H19FN2O. The van der Waals surface area contributed by atoms with Crippen LogP contribution in [0.4, 0.5) is 4.39 Å². The number of amides is 1. The summed E-state index contributed by atoms with van der Waals surface area (Å²) >= 11 is 0. The molecule has 98 valence electrons. The van der Waals surface area contributed by atoms with Crippen molar-refractivity contribution >= 4 is 5.91 Å². The number of hydrogen-bond donors (Lipinski definition) is 1. The normalized spacial score (nSPS) is 19.2. The molecule has 0 aromatic heterocycles. The van der Waals surface area contributed by atoms with Crippen molar-refractivity contribution in [1.29, 1.82) is 0 Å². The number of carbonyl (C=O) groups excluding carboxylic acids is 1. The first-order chi connectivity index (χ1) is 8.72. The molecule has 0 bridgehead atoms. The molecule has 0 aliphatic carbocycles. The molecule has 1 aromatic carbocycles. The van der Waals surface area contributed by atoms with Crippen LogP contribution in [0.1, 0.15) is 18.4 Å². The molecule has 18 heavy (non-hydrogen) atoms. The largest absolute Gasteiger partial charge is 0.338 e. The quantitative estimate of drug-likeness (QED) is 0.880. The van der Waals surface area contributed by atoms with E-state index in [4.69, 9.17) is 0 Å². The Balaban J connectivity index is 2.01. The van der Waals surface area contributed by atoms with Gasteiger partial charge < -0.3 is 10.2 Å². The molecule has 0 radical (unpaired) electrons. The Morgan fingerprint density at radius 2 is 2.28 bits per heavy atom. The van der Waals surface area contributed by atoms with E-state index in [1.54, 1.807) is 18.2 Å². The van der Waals surface area contributed by atoms with Crippen molar-refractivity contribution in [2.45, 2.75) is 25.3 Å². The minimum Gasteiger partial charge on any atom is -0.338 e. The molecule has 3 nitrogen and oxygen atoms in total. The highest BCUT2D eigenvalue weighted by Gasteiger charge is 2.28. The molecule has 1 heterocycles. The molecule has 1 aromatic rings. The fourth-order valence-corrected chi connectivity index (χ4v) is 2.52. The van der Waals surface area contributed by atoms with E-state index in [2.05, 4.69) is 5.32 Å². The van der Waals surface area contributed by atoms with Gasteiger partial charge in [0, 0.05) is 19.1 Å². The molecule has 0 spiro atoms. The molecule has 1 fully saturated rings. The van der Waals surface area contributed by atoms with Gasteiger partial charge in [0.15, 0.2) is 0 Å². The average molecular weight is 250 g/mol. The predicted molar refractivity (Wildman–Crippen MR) is 68.8 cm³/mol. The van der Waals surface area contributed by atoms with Crippen molar-refractivity contribution in [3.63, 3.8) is 0 Å². The first kappa shape index (κ1) is 13.0. The number of hydrogen-bond acceptors (Lipinski definition) is 2. The van der Waals surface area contributed by atoms with Crippen molar-refractivity contribution in [3.8, 4) is 0 Å². The number of halogens is 1. The highest BCUT2D eigenvalue weighted by atomic mass is 19.1. The fraction of sp³-hybridized carbons (Fsp3) is 0.500. The van der Waals surface area contributed by atoms with E-state index in [9.17, 15) is 9.18 Å². The first-order valence-electron chi connectivity index (χ1n) is 6.40. The second-order valence-electron chi connectivity index (χ2n) is 4.71. The lowest BCUT2D eigenvalue weighted by Gasteiger charge is -2.24. The van der Waals surface area contributed by atoms with Crippen LogP contribution in [0.15, 0.2) is 24.3 Å². The van der Waals surface area contributed by atoms with Crippen LogP contribution in [0, 0.1) is 5.82 Å². The smallest absolute Gasteiger partial charge is 0.227 e. The summed E-state index contributed by atoms with van der Waals surface area (Å²) in [6.07, 6.45) is 2.23. The zero-order valence-corrected chi connectivity index (χ0v) is 10.7. The Morgan fingerprint density at radius 3 is 3.00 bits per heavy atom. The number of rotatable bonds is 4. The maximum atomic E-state index is 13.5. The van der Waals surface area contributed by atoms with E-state index in [1.165, 1.54) is 6.07 Å². The second-order valence-corrected chi connectivity index (χ2v) is 4.71. The van der Waals surface area contributed by atoms with Gasteiger partial charge in [0.05, 0.1) is 6.42 Å². The standard InChI is InChI=1S/C14H19FN2O/c1-16-10-12-6-4-8-17(12)14(18)9-11-5-2-3-7-13(11)15/h2-3,5,7,12,16H,4,6,8-10H2,1H3. The Labute approximate surface area is 107 Å². The monoisotopic (exact) mass is 250 g/mol. The summed E-state index contributed by atoms with van der Waals surface area (Å²) in [5.74, 6) is -0.270. The molecule has 1 aliphatic rings. The molecule has 1 unspecified atom stereocenters. The van der Waals surface area contributed by atoms with Crippen molar-refractivity contribution in [3.05, 3.63) is 35.6 Å². The van der Waals surface area contributed by atoms with Gasteiger partial charge in [-0.1, -0.05) is 18.2 Å². The number of benzene rings is 1. The van der Waals surface area contributed by atoms with E-state index in [1.807, 2.05) is 11.9 Å². The zero-order chi connectivity index (χ0) is 13.0. The van der Waals surface area contributed by atoms with Gasteiger partial charge in [-0.2, -0.15) is 0 Å². The number of nitrogens with zero attached hydrogens (tertiary/aromatic N) is 1. The maximum absolute atomic E-state index is 13.5. The highest BCUT2D eigenvalue weighted by Crippen LogP contribution is 2.18. The molecule has 0 saturated carbocycles. The molecule has 1 atom stereocenters. The molecule has 1 N–H and O–H groups in total. The molecule has 1 saturated heterocycles. The summed E-state index contributed by atoms with van der Waals surface area (Å²) in [5.41, 5.74) is 0.484. The summed E-state index contributed by atoms with van der Waals surface area (Å²) in [6, 6.07) is 6.74. The Hall–Kier alpha value is -1.42. The van der Waals surface area contributed by atoms with Gasteiger partial charge >= 0.3 is 0 Å². The lowest BCUT2D eigenvalue weighted by Crippen LogP contribution is -2.41. The van der Waals surface area contributed by atoms with E-state index in [-0.39, 0.29) is 24.2 Å². The SMILES string of the molecule is CNCC1CCCN1C(=O)Cc1ccccc1F. The zero-order valence-electron chi connectivity index (χ0n) is 10.7. The predicted octanol–water partition coefficient (Wildman–Crippen LogP) is 1.58. The van der Waals surface area contributed by atoms with Crippen LogP contribution < -0.4 is 5.32 Å². The van der Waals surface area contributed by atoms with Crippen LogP contribution in [-0.2, 0) is 11.2 Å². The van der Waals surface area contributed by atoms with Crippen LogP contribution in [0.5, 0.6) is 0 Å².